The minimum atomic E-state index is 0.398. The number of rotatable bonds is 2. The van der Waals surface area contributed by atoms with Crippen LogP contribution >= 0.6 is 11.6 Å². The van der Waals surface area contributed by atoms with E-state index in [0.29, 0.717) is 10.9 Å². The Labute approximate surface area is 115 Å². The Morgan fingerprint density at radius 1 is 1.05 bits per heavy atom. The van der Waals surface area contributed by atoms with Crippen LogP contribution in [0.1, 0.15) is 0 Å². The van der Waals surface area contributed by atoms with Gasteiger partial charge in [0.25, 0.3) is 0 Å². The summed E-state index contributed by atoms with van der Waals surface area (Å²) in [7, 11) is 1.60. The Morgan fingerprint density at radius 2 is 1.84 bits per heavy atom. The van der Waals surface area contributed by atoms with Gasteiger partial charge in [-0.2, -0.15) is 0 Å². The molecule has 0 bridgehead atoms. The van der Waals surface area contributed by atoms with Gasteiger partial charge in [-0.1, -0.05) is 35.9 Å². The van der Waals surface area contributed by atoms with Crippen LogP contribution in [0.5, 0.6) is 5.75 Å². The average molecular weight is 272 g/mol. The van der Waals surface area contributed by atoms with Crippen LogP contribution in [0, 0.1) is 0 Å². The van der Waals surface area contributed by atoms with Crippen molar-refractivity contribution in [3.05, 3.63) is 47.9 Å². The number of ether oxygens (including phenoxy) is 1. The van der Waals surface area contributed by atoms with E-state index in [1.807, 2.05) is 30.3 Å². The topological polar surface area (TPSA) is 47.9 Å². The van der Waals surface area contributed by atoms with Gasteiger partial charge < -0.3 is 4.74 Å². The highest BCUT2D eigenvalue weighted by Crippen LogP contribution is 2.30. The second-order valence-corrected chi connectivity index (χ2v) is 4.36. The zero-order chi connectivity index (χ0) is 13.2. The van der Waals surface area contributed by atoms with Crippen LogP contribution in [0.3, 0.4) is 0 Å². The zero-order valence-electron chi connectivity index (χ0n) is 10.2. The molecule has 3 rings (SSSR count). The fourth-order valence-corrected chi connectivity index (χ4v) is 2.15. The summed E-state index contributed by atoms with van der Waals surface area (Å²) in [5.74, 6) is 0.679. The first-order chi connectivity index (χ1) is 9.29. The molecule has 0 amide bonds. The van der Waals surface area contributed by atoms with Gasteiger partial charge in [-0.3, -0.25) is 4.98 Å². The molecule has 0 spiro atoms. The van der Waals surface area contributed by atoms with E-state index < -0.39 is 0 Å². The first kappa shape index (κ1) is 11.9. The van der Waals surface area contributed by atoms with Gasteiger partial charge in [-0.05, 0) is 6.07 Å². The monoisotopic (exact) mass is 271 g/mol. The van der Waals surface area contributed by atoms with Crippen molar-refractivity contribution >= 4 is 22.4 Å². The molecular formula is C14H10ClN3O. The van der Waals surface area contributed by atoms with Crippen LogP contribution in [0.15, 0.2) is 42.7 Å². The molecule has 94 valence electrons. The highest BCUT2D eigenvalue weighted by atomic mass is 35.5. The molecule has 0 unspecified atom stereocenters. The molecular weight excluding hydrogens is 262 g/mol. The lowest BCUT2D eigenvalue weighted by molar-refractivity contribution is 0.413. The van der Waals surface area contributed by atoms with Crippen molar-refractivity contribution in [1.29, 1.82) is 0 Å². The highest BCUT2D eigenvalue weighted by molar-refractivity contribution is 6.34. The van der Waals surface area contributed by atoms with Gasteiger partial charge in [0, 0.05) is 22.5 Å². The smallest absolute Gasteiger partial charge is 0.159 e. The van der Waals surface area contributed by atoms with Gasteiger partial charge in [-0.15, -0.1) is 10.2 Å². The number of methoxy groups -OCH3 is 1. The minimum Gasteiger partial charge on any atom is -0.495 e. The largest absolute Gasteiger partial charge is 0.495 e. The standard InChI is InChI=1S/C14H10ClN3O/c1-19-10-6-9(7-16-8-10)13-11-4-2-3-5-12(11)14(15)18-17-13/h2-8H,1H3. The Kier molecular flexibility index (Phi) is 3.01. The molecule has 0 atom stereocenters. The molecule has 19 heavy (non-hydrogen) atoms. The Hall–Kier alpha value is -2.20. The number of aromatic nitrogens is 3. The zero-order valence-corrected chi connectivity index (χ0v) is 10.9. The lowest BCUT2D eigenvalue weighted by atomic mass is 10.1. The lowest BCUT2D eigenvalue weighted by Crippen LogP contribution is -1.93. The number of pyridine rings is 1. The quantitative estimate of drug-likeness (QED) is 0.717. The molecule has 0 N–H and O–H groups in total. The van der Waals surface area contributed by atoms with Crippen LogP contribution in [0.2, 0.25) is 5.15 Å². The van der Waals surface area contributed by atoms with E-state index in [1.165, 1.54) is 0 Å². The normalized spacial score (nSPS) is 10.6. The van der Waals surface area contributed by atoms with Crippen LogP contribution in [0.25, 0.3) is 22.0 Å². The van der Waals surface area contributed by atoms with E-state index in [2.05, 4.69) is 15.2 Å². The summed E-state index contributed by atoms with van der Waals surface area (Å²) < 4.78 is 5.18. The third-order valence-corrected chi connectivity index (χ3v) is 3.14. The maximum Gasteiger partial charge on any atom is 0.159 e. The summed E-state index contributed by atoms with van der Waals surface area (Å²) >= 11 is 6.06. The lowest BCUT2D eigenvalue weighted by Gasteiger charge is -2.07. The van der Waals surface area contributed by atoms with Crippen molar-refractivity contribution in [2.24, 2.45) is 0 Å². The Morgan fingerprint density at radius 3 is 2.63 bits per heavy atom. The summed E-state index contributed by atoms with van der Waals surface area (Å²) in [5.41, 5.74) is 1.59. The molecule has 0 aliphatic heterocycles. The first-order valence-electron chi connectivity index (χ1n) is 5.70. The molecule has 0 aliphatic rings. The SMILES string of the molecule is COc1cncc(-c2nnc(Cl)c3ccccc23)c1. The van der Waals surface area contributed by atoms with E-state index in [4.69, 9.17) is 16.3 Å². The fourth-order valence-electron chi connectivity index (χ4n) is 1.94. The van der Waals surface area contributed by atoms with Crippen molar-refractivity contribution in [3.63, 3.8) is 0 Å². The van der Waals surface area contributed by atoms with Crippen molar-refractivity contribution in [2.75, 3.05) is 7.11 Å². The molecule has 0 saturated carbocycles. The van der Waals surface area contributed by atoms with Gasteiger partial charge in [0.1, 0.15) is 11.4 Å². The third kappa shape index (κ3) is 2.11. The highest BCUT2D eigenvalue weighted by Gasteiger charge is 2.10. The van der Waals surface area contributed by atoms with Crippen molar-refractivity contribution < 1.29 is 4.74 Å². The number of fused-ring (bicyclic) bond motifs is 1. The molecule has 0 fully saturated rings. The number of nitrogens with zero attached hydrogens (tertiary/aromatic N) is 3. The van der Waals surface area contributed by atoms with Crippen LogP contribution in [0.4, 0.5) is 0 Å². The number of benzene rings is 1. The fraction of sp³-hybridized carbons (Fsp3) is 0.0714. The third-order valence-electron chi connectivity index (χ3n) is 2.86. The molecule has 2 heterocycles. The minimum absolute atomic E-state index is 0.398. The van der Waals surface area contributed by atoms with E-state index in [-0.39, 0.29) is 0 Å². The number of halogens is 1. The van der Waals surface area contributed by atoms with Crippen molar-refractivity contribution in [3.8, 4) is 17.0 Å². The predicted octanol–water partition coefficient (Wildman–Crippen LogP) is 3.35. The van der Waals surface area contributed by atoms with Gasteiger partial charge in [0.2, 0.25) is 0 Å². The summed E-state index contributed by atoms with van der Waals surface area (Å²) in [6, 6.07) is 9.62. The predicted molar refractivity (Wildman–Crippen MR) is 74.3 cm³/mol. The molecule has 1 aromatic carbocycles. The van der Waals surface area contributed by atoms with Crippen molar-refractivity contribution in [1.82, 2.24) is 15.2 Å². The van der Waals surface area contributed by atoms with Gasteiger partial charge in [0.15, 0.2) is 5.15 Å². The molecule has 0 saturated heterocycles. The average Bonchev–Trinajstić information content (AvgIpc) is 2.48. The molecule has 2 aromatic heterocycles. The molecule has 5 heteroatoms. The molecule has 3 aromatic rings. The summed E-state index contributed by atoms with van der Waals surface area (Å²) in [6.07, 6.45) is 3.38. The number of hydrogen-bond acceptors (Lipinski definition) is 4. The summed E-state index contributed by atoms with van der Waals surface area (Å²) in [4.78, 5) is 4.14. The molecule has 0 radical (unpaired) electrons. The Balaban J connectivity index is 2.28. The molecule has 4 nitrogen and oxygen atoms in total. The van der Waals surface area contributed by atoms with E-state index in [1.54, 1.807) is 19.5 Å². The van der Waals surface area contributed by atoms with E-state index in [0.717, 1.165) is 22.0 Å². The maximum atomic E-state index is 6.06. The van der Waals surface area contributed by atoms with Crippen LogP contribution in [-0.4, -0.2) is 22.3 Å². The van der Waals surface area contributed by atoms with Gasteiger partial charge in [-0.25, -0.2) is 0 Å². The van der Waals surface area contributed by atoms with Gasteiger partial charge >= 0.3 is 0 Å². The number of hydrogen-bond donors (Lipinski definition) is 0. The van der Waals surface area contributed by atoms with E-state index >= 15 is 0 Å². The summed E-state index contributed by atoms with van der Waals surface area (Å²) in [6.45, 7) is 0. The van der Waals surface area contributed by atoms with E-state index in [9.17, 15) is 0 Å². The van der Waals surface area contributed by atoms with Gasteiger partial charge in [0.05, 0.1) is 13.3 Å². The first-order valence-corrected chi connectivity index (χ1v) is 6.07. The second-order valence-electron chi connectivity index (χ2n) is 4.00. The maximum absolute atomic E-state index is 6.06. The summed E-state index contributed by atoms with van der Waals surface area (Å²) in [5, 5.41) is 10.4. The molecule has 0 aliphatic carbocycles. The van der Waals surface area contributed by atoms with Crippen LogP contribution in [-0.2, 0) is 0 Å². The van der Waals surface area contributed by atoms with Crippen molar-refractivity contribution in [2.45, 2.75) is 0 Å². The van der Waals surface area contributed by atoms with Crippen LogP contribution < -0.4 is 4.74 Å². The second kappa shape index (κ2) is 4.82. The Bertz CT molecular complexity index is 746.